The largest absolute Gasteiger partial charge is 0.443 e. The highest BCUT2D eigenvalue weighted by atomic mass is 32.2. The summed E-state index contributed by atoms with van der Waals surface area (Å²) in [4.78, 5) is 27.3. The molecule has 0 heterocycles. The van der Waals surface area contributed by atoms with Crippen molar-refractivity contribution in [2.45, 2.75) is 76.5 Å². The fourth-order valence-electron chi connectivity index (χ4n) is 3.12. The highest BCUT2D eigenvalue weighted by Crippen LogP contribution is 2.21. The first-order chi connectivity index (χ1) is 16.2. The predicted molar refractivity (Wildman–Crippen MR) is 136 cm³/mol. The van der Waals surface area contributed by atoms with Crippen LogP contribution in [0.4, 0.5) is 9.59 Å². The van der Waals surface area contributed by atoms with Crippen LogP contribution < -0.4 is 0 Å². The lowest BCUT2D eigenvalue weighted by Crippen LogP contribution is -2.48. The summed E-state index contributed by atoms with van der Waals surface area (Å²) in [6.45, 7) is 10.1. The Labute approximate surface area is 208 Å². The Hall–Kier alpha value is -3.13. The average molecular weight is 502 g/mol. The van der Waals surface area contributed by atoms with Crippen molar-refractivity contribution in [1.29, 1.82) is 0 Å². The zero-order chi connectivity index (χ0) is 26.3. The fraction of sp³-hybridized carbons (Fsp3) is 0.407. The van der Waals surface area contributed by atoms with Crippen LogP contribution in [0.3, 0.4) is 0 Å². The summed E-state index contributed by atoms with van der Waals surface area (Å²) < 4.78 is 36.8. The second kappa shape index (κ2) is 11.5. The molecule has 1 atom stereocenters. The number of benzene rings is 2. The summed E-state index contributed by atoms with van der Waals surface area (Å²) in [6.07, 6.45) is 0.282. The Balaban J connectivity index is 2.48. The van der Waals surface area contributed by atoms with Crippen molar-refractivity contribution in [3.05, 3.63) is 77.7 Å². The molecule has 0 saturated heterocycles. The number of ether oxygens (including phenoxy) is 2. The molecule has 0 aliphatic rings. The Kier molecular flexibility index (Phi) is 9.26. The van der Waals surface area contributed by atoms with Crippen LogP contribution in [0.1, 0.15) is 53.5 Å². The van der Waals surface area contributed by atoms with Crippen molar-refractivity contribution in [2.75, 3.05) is 0 Å². The van der Waals surface area contributed by atoms with Crippen LogP contribution in [0.5, 0.6) is 0 Å². The monoisotopic (exact) mass is 501 g/mol. The number of sulfone groups is 1. The van der Waals surface area contributed by atoms with Crippen LogP contribution in [0.15, 0.2) is 77.0 Å². The number of amides is 2. The van der Waals surface area contributed by atoms with E-state index in [1.807, 2.05) is 30.3 Å². The van der Waals surface area contributed by atoms with Crippen molar-refractivity contribution < 1.29 is 27.5 Å². The van der Waals surface area contributed by atoms with Gasteiger partial charge in [0.15, 0.2) is 9.84 Å². The molecule has 0 unspecified atom stereocenters. The minimum absolute atomic E-state index is 0.110. The third-order valence-corrected chi connectivity index (χ3v) is 6.08. The van der Waals surface area contributed by atoms with Gasteiger partial charge in [-0.05, 0) is 78.2 Å². The molecule has 190 valence electrons. The number of carbonyl (C=O) groups is 2. The van der Waals surface area contributed by atoms with Gasteiger partial charge in [-0.3, -0.25) is 0 Å². The van der Waals surface area contributed by atoms with Crippen molar-refractivity contribution >= 4 is 22.0 Å². The molecule has 2 aromatic rings. The van der Waals surface area contributed by atoms with Crippen LogP contribution >= 0.6 is 0 Å². The molecule has 2 rings (SSSR count). The summed E-state index contributed by atoms with van der Waals surface area (Å²) in [5.74, 6) is 0. The summed E-state index contributed by atoms with van der Waals surface area (Å²) in [6, 6.07) is 16.5. The van der Waals surface area contributed by atoms with Crippen LogP contribution in [-0.4, -0.2) is 42.7 Å². The van der Waals surface area contributed by atoms with Crippen LogP contribution in [0.2, 0.25) is 0 Å². The molecule has 0 spiro atoms. The van der Waals surface area contributed by atoms with Gasteiger partial charge in [0.2, 0.25) is 0 Å². The molecule has 0 fully saturated rings. The minimum Gasteiger partial charge on any atom is -0.443 e. The molecule has 0 aliphatic carbocycles. The second-order valence-corrected chi connectivity index (χ2v) is 11.9. The number of rotatable bonds is 7. The van der Waals surface area contributed by atoms with Gasteiger partial charge in [-0.1, -0.05) is 48.5 Å². The van der Waals surface area contributed by atoms with Gasteiger partial charge in [-0.15, -0.1) is 0 Å². The number of carbonyl (C=O) groups excluding carboxylic acids is 2. The summed E-state index contributed by atoms with van der Waals surface area (Å²) >= 11 is 0. The summed E-state index contributed by atoms with van der Waals surface area (Å²) in [5.41, 5.74) is -0.771. The van der Waals surface area contributed by atoms with Crippen LogP contribution in [0.25, 0.3) is 0 Å². The molecule has 2 aromatic carbocycles. The fourth-order valence-corrected chi connectivity index (χ4v) is 4.20. The van der Waals surface area contributed by atoms with E-state index in [-0.39, 0.29) is 11.3 Å². The lowest BCUT2D eigenvalue weighted by atomic mass is 10.0. The molecule has 2 amide bonds. The van der Waals surface area contributed by atoms with Crippen LogP contribution in [-0.2, 0) is 25.7 Å². The van der Waals surface area contributed by atoms with Crippen molar-refractivity contribution in [1.82, 2.24) is 4.90 Å². The molecular weight excluding hydrogens is 466 g/mol. The molecule has 7 nitrogen and oxygen atoms in total. The average Bonchev–Trinajstić information content (AvgIpc) is 2.74. The first kappa shape index (κ1) is 28.1. The smallest absolute Gasteiger partial charge is 0.420 e. The molecule has 8 heteroatoms. The second-order valence-electron chi connectivity index (χ2n) is 10.1. The normalized spacial score (nSPS) is 13.3. The van der Waals surface area contributed by atoms with E-state index < -0.39 is 39.3 Å². The SMILES string of the molecule is CC(C)(C)OC(=O)N(C(=O)OC(C)(C)C)[C@H](/C=C/S(=O)(=O)c1ccccc1)CCc1ccccc1. The zero-order valence-corrected chi connectivity index (χ0v) is 22.0. The third kappa shape index (κ3) is 9.56. The maximum atomic E-state index is 13.2. The quantitative estimate of drug-likeness (QED) is 0.452. The Morgan fingerprint density at radius 3 is 1.74 bits per heavy atom. The van der Waals surface area contributed by atoms with E-state index in [2.05, 4.69) is 0 Å². The Morgan fingerprint density at radius 1 is 0.829 bits per heavy atom. The number of hydrogen-bond acceptors (Lipinski definition) is 6. The van der Waals surface area contributed by atoms with Gasteiger partial charge in [0, 0.05) is 5.41 Å². The number of aryl methyl sites for hydroxylation is 1. The van der Waals surface area contributed by atoms with E-state index in [4.69, 9.17) is 9.47 Å². The highest BCUT2D eigenvalue weighted by molar-refractivity contribution is 7.94. The molecule has 0 aromatic heterocycles. The van der Waals surface area contributed by atoms with Gasteiger partial charge >= 0.3 is 12.2 Å². The predicted octanol–water partition coefficient (Wildman–Crippen LogP) is 6.15. The van der Waals surface area contributed by atoms with Gasteiger partial charge in [0.05, 0.1) is 10.9 Å². The Bertz CT molecular complexity index is 1090. The topological polar surface area (TPSA) is 90.0 Å². The van der Waals surface area contributed by atoms with Crippen molar-refractivity contribution in [3.63, 3.8) is 0 Å². The van der Waals surface area contributed by atoms with Gasteiger partial charge in [-0.25, -0.2) is 22.9 Å². The molecular formula is C27H35NO6S. The van der Waals surface area contributed by atoms with Gasteiger partial charge in [-0.2, -0.15) is 0 Å². The van der Waals surface area contributed by atoms with E-state index in [1.54, 1.807) is 59.7 Å². The molecule has 0 bridgehead atoms. The molecule has 0 radical (unpaired) electrons. The summed E-state index contributed by atoms with van der Waals surface area (Å²) in [7, 11) is -3.80. The third-order valence-electron chi connectivity index (χ3n) is 4.64. The molecule has 0 N–H and O–H groups in total. The van der Waals surface area contributed by atoms with Crippen molar-refractivity contribution in [2.24, 2.45) is 0 Å². The van der Waals surface area contributed by atoms with E-state index in [1.165, 1.54) is 18.2 Å². The lowest BCUT2D eigenvalue weighted by molar-refractivity contribution is -0.00416. The maximum Gasteiger partial charge on any atom is 0.420 e. The number of nitrogens with zero attached hydrogens (tertiary/aromatic N) is 1. The van der Waals surface area contributed by atoms with Crippen LogP contribution in [0, 0.1) is 0 Å². The first-order valence-electron chi connectivity index (χ1n) is 11.5. The molecule has 0 saturated carbocycles. The van der Waals surface area contributed by atoms with Gasteiger partial charge in [0.1, 0.15) is 11.2 Å². The molecule has 0 aliphatic heterocycles. The van der Waals surface area contributed by atoms with E-state index >= 15 is 0 Å². The van der Waals surface area contributed by atoms with Gasteiger partial charge in [0.25, 0.3) is 0 Å². The number of hydrogen-bond donors (Lipinski definition) is 0. The zero-order valence-electron chi connectivity index (χ0n) is 21.2. The van der Waals surface area contributed by atoms with Crippen molar-refractivity contribution in [3.8, 4) is 0 Å². The standard InChI is InChI=1S/C27H35NO6S/c1-26(2,3)33-24(29)28(25(30)34-27(4,5)6)22(18-17-21-13-9-7-10-14-21)19-20-35(31,32)23-15-11-8-12-16-23/h7-16,19-20,22H,17-18H2,1-6H3/b20-19+/t22-/m0/s1. The van der Waals surface area contributed by atoms with E-state index in [9.17, 15) is 18.0 Å². The van der Waals surface area contributed by atoms with Gasteiger partial charge < -0.3 is 9.47 Å². The first-order valence-corrected chi connectivity index (χ1v) is 13.0. The minimum atomic E-state index is -3.80. The van der Waals surface area contributed by atoms with E-state index in [0.717, 1.165) is 15.9 Å². The number of imide groups is 1. The summed E-state index contributed by atoms with van der Waals surface area (Å²) in [5, 5.41) is 1.03. The maximum absolute atomic E-state index is 13.2. The highest BCUT2D eigenvalue weighted by Gasteiger charge is 2.36. The van der Waals surface area contributed by atoms with E-state index in [0.29, 0.717) is 6.42 Å². The Morgan fingerprint density at radius 2 is 1.29 bits per heavy atom. The molecule has 35 heavy (non-hydrogen) atoms. The lowest BCUT2D eigenvalue weighted by Gasteiger charge is -2.32.